The van der Waals surface area contributed by atoms with Gasteiger partial charge in [-0.2, -0.15) is 0 Å². The smallest absolute Gasteiger partial charge is 0.340 e. The Bertz CT molecular complexity index is 963. The zero-order chi connectivity index (χ0) is 19.4. The highest BCUT2D eigenvalue weighted by molar-refractivity contribution is 7.80. The number of nitrogens with zero attached hydrogens (tertiary/aromatic N) is 3. The second-order valence-electron chi connectivity index (χ2n) is 5.92. The zero-order valence-corrected chi connectivity index (χ0v) is 16.8. The number of aromatic nitrogens is 3. The third-order valence-electron chi connectivity index (χ3n) is 3.71. The molecule has 9 heteroatoms. The van der Waals surface area contributed by atoms with E-state index in [1.54, 1.807) is 17.1 Å². The predicted octanol–water partition coefficient (Wildman–Crippen LogP) is 3.60. The van der Waals surface area contributed by atoms with E-state index in [0.717, 1.165) is 10.4 Å². The summed E-state index contributed by atoms with van der Waals surface area (Å²) < 4.78 is 6.52. The summed E-state index contributed by atoms with van der Waals surface area (Å²) in [6.45, 7) is 4.58. The van der Waals surface area contributed by atoms with E-state index in [2.05, 4.69) is 51.9 Å². The SMILES string of the molecule is COC(=O)c1cc(C)sc1NC(=S)Nc1ncn(Cc2ccc(C)cc2)n1. The van der Waals surface area contributed by atoms with Gasteiger partial charge in [-0.25, -0.2) is 14.5 Å². The molecule has 0 aliphatic carbocycles. The Morgan fingerprint density at radius 1 is 1.26 bits per heavy atom. The maximum Gasteiger partial charge on any atom is 0.340 e. The van der Waals surface area contributed by atoms with E-state index in [0.29, 0.717) is 28.2 Å². The Balaban J connectivity index is 1.63. The van der Waals surface area contributed by atoms with Gasteiger partial charge in [0.25, 0.3) is 0 Å². The lowest BCUT2D eigenvalue weighted by Gasteiger charge is -2.07. The van der Waals surface area contributed by atoms with Crippen molar-refractivity contribution in [3.63, 3.8) is 0 Å². The molecule has 0 saturated heterocycles. The first kappa shape index (κ1) is 19.0. The summed E-state index contributed by atoms with van der Waals surface area (Å²) in [7, 11) is 1.35. The molecule has 2 heterocycles. The molecule has 7 nitrogen and oxygen atoms in total. The molecule has 0 aliphatic heterocycles. The molecule has 2 aromatic heterocycles. The first-order valence-electron chi connectivity index (χ1n) is 8.16. The normalized spacial score (nSPS) is 10.5. The average Bonchev–Trinajstić information content (AvgIpc) is 3.22. The minimum atomic E-state index is -0.412. The van der Waals surface area contributed by atoms with Crippen molar-refractivity contribution in [2.45, 2.75) is 20.4 Å². The highest BCUT2D eigenvalue weighted by Gasteiger charge is 2.16. The molecule has 0 atom stereocenters. The molecule has 2 N–H and O–H groups in total. The first-order valence-corrected chi connectivity index (χ1v) is 9.39. The van der Waals surface area contributed by atoms with Gasteiger partial charge in [0.1, 0.15) is 11.3 Å². The number of anilines is 2. The molecule has 3 aromatic rings. The Morgan fingerprint density at radius 3 is 2.70 bits per heavy atom. The maximum atomic E-state index is 11.8. The molecule has 0 saturated carbocycles. The van der Waals surface area contributed by atoms with Gasteiger partial charge in [-0.1, -0.05) is 29.8 Å². The number of esters is 1. The molecule has 0 bridgehead atoms. The van der Waals surface area contributed by atoms with Crippen molar-refractivity contribution in [2.75, 3.05) is 17.7 Å². The van der Waals surface area contributed by atoms with E-state index in [-0.39, 0.29) is 0 Å². The van der Waals surface area contributed by atoms with E-state index >= 15 is 0 Å². The van der Waals surface area contributed by atoms with E-state index in [1.165, 1.54) is 24.0 Å². The third kappa shape index (κ3) is 4.89. The van der Waals surface area contributed by atoms with Crippen LogP contribution in [0, 0.1) is 13.8 Å². The van der Waals surface area contributed by atoms with Crippen LogP contribution in [0.5, 0.6) is 0 Å². The number of carbonyl (C=O) groups excluding carboxylic acids is 1. The molecule has 0 radical (unpaired) electrons. The van der Waals surface area contributed by atoms with Crippen LogP contribution in [0.25, 0.3) is 0 Å². The lowest BCUT2D eigenvalue weighted by Crippen LogP contribution is -2.20. The minimum absolute atomic E-state index is 0.301. The van der Waals surface area contributed by atoms with Crippen molar-refractivity contribution < 1.29 is 9.53 Å². The Morgan fingerprint density at radius 2 is 2.00 bits per heavy atom. The predicted molar refractivity (Wildman–Crippen MR) is 111 cm³/mol. The highest BCUT2D eigenvalue weighted by Crippen LogP contribution is 2.28. The number of carbonyl (C=O) groups is 1. The number of methoxy groups -OCH3 is 1. The number of hydrogen-bond acceptors (Lipinski definition) is 6. The molecule has 0 fully saturated rings. The van der Waals surface area contributed by atoms with Gasteiger partial charge in [-0.15, -0.1) is 16.4 Å². The molecule has 1 aromatic carbocycles. The summed E-state index contributed by atoms with van der Waals surface area (Å²) in [6, 6.07) is 10.0. The number of aryl methyl sites for hydroxylation is 2. The van der Waals surface area contributed by atoms with E-state index in [9.17, 15) is 4.79 Å². The molecule has 140 valence electrons. The highest BCUT2D eigenvalue weighted by atomic mass is 32.1. The molecule has 0 spiro atoms. The van der Waals surface area contributed by atoms with Gasteiger partial charge in [-0.3, -0.25) is 5.32 Å². The molecular formula is C18H19N5O2S2. The molecule has 3 rings (SSSR count). The summed E-state index contributed by atoms with van der Waals surface area (Å²) in [5.74, 6) is -0.0299. The van der Waals surface area contributed by atoms with Gasteiger partial charge >= 0.3 is 5.97 Å². The zero-order valence-electron chi connectivity index (χ0n) is 15.1. The van der Waals surface area contributed by atoms with Crippen LogP contribution in [0.3, 0.4) is 0 Å². The van der Waals surface area contributed by atoms with Gasteiger partial charge in [-0.05, 0) is 37.7 Å². The molecule has 0 amide bonds. The third-order valence-corrected chi connectivity index (χ3v) is 4.88. The van der Waals surface area contributed by atoms with Crippen LogP contribution in [0.2, 0.25) is 0 Å². The van der Waals surface area contributed by atoms with E-state index < -0.39 is 5.97 Å². The number of benzene rings is 1. The van der Waals surface area contributed by atoms with Crippen molar-refractivity contribution in [1.29, 1.82) is 0 Å². The standard InChI is InChI=1S/C18H19N5O2S2/c1-11-4-6-13(7-5-11)9-23-10-19-17(22-23)21-18(26)20-15-14(16(24)25-3)8-12(2)27-15/h4-8,10H,9H2,1-3H3,(H2,20,21,22,26). The van der Waals surface area contributed by atoms with Gasteiger partial charge in [0.15, 0.2) is 5.11 Å². The van der Waals surface area contributed by atoms with Gasteiger partial charge in [0.2, 0.25) is 5.95 Å². The fourth-order valence-corrected chi connectivity index (χ4v) is 3.58. The van der Waals surface area contributed by atoms with Crippen LogP contribution >= 0.6 is 23.6 Å². The number of thiophene rings is 1. The van der Waals surface area contributed by atoms with Crippen LogP contribution in [0.4, 0.5) is 10.9 Å². The van der Waals surface area contributed by atoms with Crippen molar-refractivity contribution in [2.24, 2.45) is 0 Å². The topological polar surface area (TPSA) is 81.1 Å². The lowest BCUT2D eigenvalue weighted by molar-refractivity contribution is 0.0602. The summed E-state index contributed by atoms with van der Waals surface area (Å²) in [4.78, 5) is 17.0. The second kappa shape index (κ2) is 8.28. The molecule has 0 unspecified atom stereocenters. The Labute approximate surface area is 166 Å². The summed E-state index contributed by atoms with van der Waals surface area (Å²) >= 11 is 6.73. The second-order valence-corrected chi connectivity index (χ2v) is 7.59. The van der Waals surface area contributed by atoms with Gasteiger partial charge < -0.3 is 10.1 Å². The van der Waals surface area contributed by atoms with Crippen LogP contribution in [0.1, 0.15) is 26.4 Å². The first-order chi connectivity index (χ1) is 12.9. The number of hydrogen-bond donors (Lipinski definition) is 2. The summed E-state index contributed by atoms with van der Waals surface area (Å²) in [5.41, 5.74) is 2.79. The van der Waals surface area contributed by atoms with Crippen LogP contribution < -0.4 is 10.6 Å². The van der Waals surface area contributed by atoms with Crippen molar-refractivity contribution >= 4 is 45.6 Å². The molecule has 0 aliphatic rings. The van der Waals surface area contributed by atoms with Crippen LogP contribution in [-0.4, -0.2) is 33.0 Å². The fraction of sp³-hybridized carbons (Fsp3) is 0.222. The number of nitrogens with one attached hydrogen (secondary N) is 2. The number of thiocarbonyl (C=S) groups is 1. The molecule has 27 heavy (non-hydrogen) atoms. The Kier molecular flexibility index (Phi) is 5.82. The number of ether oxygens (including phenoxy) is 1. The summed E-state index contributed by atoms with van der Waals surface area (Å²) in [6.07, 6.45) is 1.64. The van der Waals surface area contributed by atoms with Crippen LogP contribution in [0.15, 0.2) is 36.7 Å². The summed E-state index contributed by atoms with van der Waals surface area (Å²) in [5, 5.41) is 11.2. The fourth-order valence-electron chi connectivity index (χ4n) is 2.41. The lowest BCUT2D eigenvalue weighted by atomic mass is 10.1. The minimum Gasteiger partial charge on any atom is -0.465 e. The van der Waals surface area contributed by atoms with Gasteiger partial charge in [0.05, 0.1) is 19.2 Å². The van der Waals surface area contributed by atoms with E-state index in [1.807, 2.05) is 6.92 Å². The van der Waals surface area contributed by atoms with E-state index in [4.69, 9.17) is 17.0 Å². The Hall–Kier alpha value is -2.78. The van der Waals surface area contributed by atoms with Crippen molar-refractivity contribution in [3.05, 3.63) is 58.2 Å². The van der Waals surface area contributed by atoms with Gasteiger partial charge in [0, 0.05) is 4.88 Å². The maximum absolute atomic E-state index is 11.8. The quantitative estimate of drug-likeness (QED) is 0.499. The van der Waals surface area contributed by atoms with Crippen LogP contribution in [-0.2, 0) is 11.3 Å². The largest absolute Gasteiger partial charge is 0.465 e. The monoisotopic (exact) mass is 401 g/mol. The number of rotatable bonds is 5. The average molecular weight is 402 g/mol. The van der Waals surface area contributed by atoms with Crippen molar-refractivity contribution in [1.82, 2.24) is 14.8 Å². The molecular weight excluding hydrogens is 382 g/mol. The van der Waals surface area contributed by atoms with Crippen molar-refractivity contribution in [3.8, 4) is 0 Å².